The summed E-state index contributed by atoms with van der Waals surface area (Å²) in [4.78, 5) is 0. The van der Waals surface area contributed by atoms with Gasteiger partial charge in [-0.25, -0.2) is 18.3 Å². The van der Waals surface area contributed by atoms with E-state index in [-0.39, 0.29) is 34.0 Å². The van der Waals surface area contributed by atoms with E-state index in [1.807, 2.05) is 14.1 Å². The predicted octanol–water partition coefficient (Wildman–Crippen LogP) is -2.97. The molecule has 0 spiro atoms. The van der Waals surface area contributed by atoms with Crippen LogP contribution in [0.4, 0.5) is 0 Å². The van der Waals surface area contributed by atoms with E-state index in [1.54, 1.807) is 0 Å². The molecule has 2 aromatic heterocycles. The third-order valence-electron chi connectivity index (χ3n) is 2.26. The minimum absolute atomic E-state index is 0. The number of hydrogen-bond acceptors (Lipinski definition) is 0. The molecule has 118 valence electrons. The molecular formula is C10H16Br6N4. The fourth-order valence-corrected chi connectivity index (χ4v) is 1.50. The summed E-state index contributed by atoms with van der Waals surface area (Å²) in [6, 6.07) is 0. The summed E-state index contributed by atoms with van der Waals surface area (Å²) in [5.74, 6) is 0. The third-order valence-corrected chi connectivity index (χ3v) is 2.26. The molecule has 4 nitrogen and oxygen atoms in total. The van der Waals surface area contributed by atoms with Gasteiger partial charge in [0.1, 0.15) is 37.9 Å². The van der Waals surface area contributed by atoms with Gasteiger partial charge in [-0.3, -0.25) is 0 Å². The molecule has 0 radical (unpaired) electrons. The molecule has 0 unspecified atom stereocenters. The summed E-state index contributed by atoms with van der Waals surface area (Å²) in [5.41, 5.74) is 0. The van der Waals surface area contributed by atoms with Gasteiger partial charge in [0.25, 0.3) is 0 Å². The summed E-state index contributed by atoms with van der Waals surface area (Å²) < 4.78 is 8.46. The zero-order chi connectivity index (χ0) is 14.0. The Morgan fingerprint density at radius 3 is 1.25 bits per heavy atom. The van der Waals surface area contributed by atoms with Crippen LogP contribution in [0.15, 0.2) is 37.4 Å². The topological polar surface area (TPSA) is 17.6 Å². The first kappa shape index (κ1) is 26.2. The number of halogens is 6. The Balaban J connectivity index is -0.000000444. The molecule has 0 saturated heterocycles. The van der Waals surface area contributed by atoms with Crippen LogP contribution in [0.3, 0.4) is 0 Å². The van der Waals surface area contributed by atoms with Crippen molar-refractivity contribution in [2.45, 2.75) is 13.1 Å². The molecule has 2 rings (SSSR count). The highest BCUT2D eigenvalue weighted by molar-refractivity contribution is 9.93. The lowest BCUT2D eigenvalue weighted by atomic mass is 10.6. The van der Waals surface area contributed by atoms with Crippen molar-refractivity contribution >= 4 is 56.5 Å². The van der Waals surface area contributed by atoms with Gasteiger partial charge >= 0.3 is 0 Å². The Bertz CT molecular complexity index is 391. The SMILES string of the molecule is BrBr.BrBr.C[n+]1ccn(CCn2cc[n+](C)c2)c1.[Br-].[Br-]. The molecule has 0 aliphatic carbocycles. The van der Waals surface area contributed by atoms with Crippen molar-refractivity contribution < 1.29 is 43.1 Å². The van der Waals surface area contributed by atoms with Gasteiger partial charge in [-0.1, -0.05) is 0 Å². The van der Waals surface area contributed by atoms with E-state index >= 15 is 0 Å². The van der Waals surface area contributed by atoms with Crippen LogP contribution >= 0.6 is 56.5 Å². The molecule has 0 saturated carbocycles. The summed E-state index contributed by atoms with van der Waals surface area (Å²) >= 11 is 11.0. The predicted molar refractivity (Wildman–Crippen MR) is 86.9 cm³/mol. The molecule has 0 fully saturated rings. The molecule has 0 N–H and O–H groups in total. The molecule has 10 heteroatoms. The van der Waals surface area contributed by atoms with Crippen molar-refractivity contribution in [1.82, 2.24) is 9.13 Å². The van der Waals surface area contributed by atoms with Crippen LogP contribution in [0.2, 0.25) is 0 Å². The van der Waals surface area contributed by atoms with Crippen molar-refractivity contribution in [3.8, 4) is 0 Å². The van der Waals surface area contributed by atoms with Gasteiger partial charge in [0.05, 0.1) is 14.1 Å². The summed E-state index contributed by atoms with van der Waals surface area (Å²) in [6.07, 6.45) is 12.4. The highest BCUT2D eigenvalue weighted by atomic mass is 80.9. The highest BCUT2D eigenvalue weighted by Crippen LogP contribution is 1.89. The summed E-state index contributed by atoms with van der Waals surface area (Å²) in [6.45, 7) is 2.02. The van der Waals surface area contributed by atoms with E-state index in [2.05, 4.69) is 112 Å². The second kappa shape index (κ2) is 16.7. The Kier molecular flexibility index (Phi) is 21.8. The average Bonchev–Trinajstić information content (AvgIpc) is 3.01. The Morgan fingerprint density at radius 1 is 0.750 bits per heavy atom. The number of imidazole rings is 2. The maximum Gasteiger partial charge on any atom is 0.243 e. The van der Waals surface area contributed by atoms with Gasteiger partial charge in [0.2, 0.25) is 12.7 Å². The van der Waals surface area contributed by atoms with Gasteiger partial charge in [-0.15, -0.1) is 0 Å². The quantitative estimate of drug-likeness (QED) is 0.311. The zero-order valence-electron chi connectivity index (χ0n) is 10.9. The van der Waals surface area contributed by atoms with Crippen LogP contribution in [0.25, 0.3) is 0 Å². The molecule has 0 aliphatic heterocycles. The number of rotatable bonds is 3. The Hall–Kier alpha value is 1.30. The van der Waals surface area contributed by atoms with Crippen molar-refractivity contribution in [3.05, 3.63) is 37.4 Å². The maximum absolute atomic E-state index is 2.75. The monoisotopic (exact) mass is 666 g/mol. The Labute approximate surface area is 171 Å². The zero-order valence-corrected chi connectivity index (χ0v) is 20.5. The maximum atomic E-state index is 2.75. The van der Waals surface area contributed by atoms with E-state index in [1.165, 1.54) is 0 Å². The smallest absolute Gasteiger partial charge is 0.243 e. The van der Waals surface area contributed by atoms with Crippen LogP contribution in [0.5, 0.6) is 0 Å². The van der Waals surface area contributed by atoms with E-state index < -0.39 is 0 Å². The fourth-order valence-electron chi connectivity index (χ4n) is 1.50. The van der Waals surface area contributed by atoms with Gasteiger partial charge in [-0.2, -0.15) is 0 Å². The second-order valence-electron chi connectivity index (χ2n) is 3.63. The summed E-state index contributed by atoms with van der Waals surface area (Å²) in [7, 11) is 4.07. The van der Waals surface area contributed by atoms with Crippen LogP contribution in [-0.2, 0) is 27.2 Å². The van der Waals surface area contributed by atoms with Crippen LogP contribution in [-0.4, -0.2) is 9.13 Å². The standard InChI is InChI=1S/C10H16N4.2Br2.2BrH/c1-11-3-5-13(9-11)7-8-14-6-4-12(2)10-14;2*1-2;;/h3-6,9-10H,7-8H2,1-2H3;;;2*1H/q+2;;;;/p-2. The first-order valence-electron chi connectivity index (χ1n) is 5.04. The molecule has 0 atom stereocenters. The second-order valence-corrected chi connectivity index (χ2v) is 3.63. The molecule has 0 amide bonds. The lowest BCUT2D eigenvalue weighted by Crippen LogP contribution is -3.00. The van der Waals surface area contributed by atoms with E-state index in [4.69, 9.17) is 0 Å². The molecular weight excluding hydrogens is 656 g/mol. The van der Waals surface area contributed by atoms with Gasteiger partial charge in [-0.05, 0) is 0 Å². The average molecular weight is 672 g/mol. The van der Waals surface area contributed by atoms with E-state index in [0.717, 1.165) is 13.1 Å². The molecule has 0 aliphatic rings. The molecule has 0 bridgehead atoms. The van der Waals surface area contributed by atoms with Gasteiger partial charge in [0.15, 0.2) is 0 Å². The lowest BCUT2D eigenvalue weighted by molar-refractivity contribution is -0.671. The minimum atomic E-state index is 0. The number of nitrogens with zero attached hydrogens (tertiary/aromatic N) is 4. The van der Waals surface area contributed by atoms with Crippen LogP contribution in [0.1, 0.15) is 0 Å². The normalized spacial score (nSPS) is 8.10. The summed E-state index contributed by atoms with van der Waals surface area (Å²) in [5, 5.41) is 0. The van der Waals surface area contributed by atoms with E-state index in [0.29, 0.717) is 0 Å². The number of hydrogen-bond donors (Lipinski definition) is 0. The van der Waals surface area contributed by atoms with Crippen LogP contribution < -0.4 is 43.1 Å². The Morgan fingerprint density at radius 2 is 1.05 bits per heavy atom. The first-order chi connectivity index (χ1) is 8.74. The van der Waals surface area contributed by atoms with Crippen LogP contribution in [0, 0.1) is 0 Å². The third kappa shape index (κ3) is 10.9. The molecule has 20 heavy (non-hydrogen) atoms. The fraction of sp³-hybridized carbons (Fsp3) is 0.400. The van der Waals surface area contributed by atoms with E-state index in [9.17, 15) is 0 Å². The van der Waals surface area contributed by atoms with Gasteiger partial charge < -0.3 is 34.0 Å². The molecule has 0 aromatic carbocycles. The minimum Gasteiger partial charge on any atom is -1.00 e. The first-order valence-corrected chi connectivity index (χ1v) is 12.5. The van der Waals surface area contributed by atoms with Crippen molar-refractivity contribution in [1.29, 1.82) is 0 Å². The van der Waals surface area contributed by atoms with Gasteiger partial charge in [0, 0.05) is 56.5 Å². The van der Waals surface area contributed by atoms with Crippen molar-refractivity contribution in [2.24, 2.45) is 14.1 Å². The number of aromatic nitrogens is 4. The molecule has 2 heterocycles. The van der Waals surface area contributed by atoms with Crippen molar-refractivity contribution in [3.63, 3.8) is 0 Å². The lowest BCUT2D eigenvalue weighted by Gasteiger charge is -1.92. The largest absolute Gasteiger partial charge is 1.00 e. The number of aryl methyl sites for hydroxylation is 4. The van der Waals surface area contributed by atoms with Crippen molar-refractivity contribution in [2.75, 3.05) is 0 Å². The highest BCUT2D eigenvalue weighted by Gasteiger charge is 2.03. The molecule has 2 aromatic rings.